The first kappa shape index (κ1) is 17.5. The Bertz CT molecular complexity index is 1130. The lowest BCUT2D eigenvalue weighted by Gasteiger charge is -2.07. The van der Waals surface area contributed by atoms with E-state index in [-0.39, 0.29) is 0 Å². The molecule has 0 aliphatic carbocycles. The van der Waals surface area contributed by atoms with Crippen molar-refractivity contribution in [1.29, 1.82) is 0 Å². The number of fused-ring (bicyclic) bond motifs is 1. The maximum Gasteiger partial charge on any atom is 0.178 e. The third-order valence-electron chi connectivity index (χ3n) is 3.84. The zero-order chi connectivity index (χ0) is 19.0. The topological polar surface area (TPSA) is 75.3 Å². The van der Waals surface area contributed by atoms with E-state index in [1.165, 1.54) is 12.1 Å². The molecule has 0 saturated heterocycles. The van der Waals surface area contributed by atoms with Crippen LogP contribution in [0.2, 0.25) is 10.0 Å². The maximum atomic E-state index is 13.6. The van der Waals surface area contributed by atoms with Gasteiger partial charge >= 0.3 is 0 Å². The number of halogens is 3. The Morgan fingerprint density at radius 3 is 2.52 bits per heavy atom. The van der Waals surface area contributed by atoms with E-state index in [9.17, 15) is 9.50 Å². The van der Waals surface area contributed by atoms with Crippen LogP contribution in [0.3, 0.4) is 0 Å². The van der Waals surface area contributed by atoms with Gasteiger partial charge in [-0.3, -0.25) is 0 Å². The predicted molar refractivity (Wildman–Crippen MR) is 101 cm³/mol. The smallest absolute Gasteiger partial charge is 0.178 e. The molecular weight excluding hydrogens is 392 g/mol. The summed E-state index contributed by atoms with van der Waals surface area (Å²) < 4.78 is 15.1. The Balaban J connectivity index is 1.65. The molecule has 6 nitrogen and oxygen atoms in total. The molecule has 2 aromatic carbocycles. The van der Waals surface area contributed by atoms with Crippen LogP contribution in [-0.4, -0.2) is 24.9 Å². The molecule has 0 radical (unpaired) electrons. The molecule has 0 aliphatic rings. The number of hydrogen-bond acceptors (Lipinski definition) is 5. The fraction of sp³-hybridized carbons (Fsp3) is 0.0556. The van der Waals surface area contributed by atoms with Crippen LogP contribution < -0.4 is 5.32 Å². The molecule has 0 aliphatic heterocycles. The van der Waals surface area contributed by atoms with Gasteiger partial charge in [0.15, 0.2) is 28.9 Å². The molecule has 0 unspecified atom stereocenters. The normalized spacial score (nSPS) is 11.1. The second kappa shape index (κ2) is 7.02. The van der Waals surface area contributed by atoms with Gasteiger partial charge in [0.1, 0.15) is 0 Å². The van der Waals surface area contributed by atoms with Gasteiger partial charge in [0, 0.05) is 22.2 Å². The van der Waals surface area contributed by atoms with Gasteiger partial charge in [0.05, 0.1) is 0 Å². The van der Waals surface area contributed by atoms with Crippen LogP contribution >= 0.6 is 23.2 Å². The highest BCUT2D eigenvalue weighted by molar-refractivity contribution is 6.35. The number of benzene rings is 2. The summed E-state index contributed by atoms with van der Waals surface area (Å²) in [7, 11) is 0. The number of nitrogens with zero attached hydrogens (tertiary/aromatic N) is 4. The van der Waals surface area contributed by atoms with E-state index in [1.54, 1.807) is 40.9 Å². The summed E-state index contributed by atoms with van der Waals surface area (Å²) in [6.07, 6.45) is 0.303. The van der Waals surface area contributed by atoms with E-state index >= 15 is 0 Å². The van der Waals surface area contributed by atoms with E-state index in [4.69, 9.17) is 23.2 Å². The summed E-state index contributed by atoms with van der Waals surface area (Å²) in [5, 5.41) is 26.1. The van der Waals surface area contributed by atoms with Crippen LogP contribution in [0.1, 0.15) is 11.4 Å². The Morgan fingerprint density at radius 1 is 1.00 bits per heavy atom. The van der Waals surface area contributed by atoms with E-state index < -0.39 is 11.6 Å². The second-order valence-corrected chi connectivity index (χ2v) is 6.72. The van der Waals surface area contributed by atoms with Crippen molar-refractivity contribution < 1.29 is 9.50 Å². The van der Waals surface area contributed by atoms with Crippen molar-refractivity contribution in [3.8, 4) is 5.75 Å². The van der Waals surface area contributed by atoms with Crippen molar-refractivity contribution in [2.24, 2.45) is 0 Å². The molecule has 136 valence electrons. The highest BCUT2D eigenvalue weighted by Crippen LogP contribution is 2.25. The van der Waals surface area contributed by atoms with Crippen LogP contribution in [0.5, 0.6) is 5.75 Å². The Kier molecular flexibility index (Phi) is 4.55. The minimum absolute atomic E-state index is 0.303. The lowest BCUT2D eigenvalue weighted by atomic mass is 10.1. The number of anilines is 2. The molecule has 9 heteroatoms. The van der Waals surface area contributed by atoms with Crippen LogP contribution in [0.15, 0.2) is 48.5 Å². The number of phenolic OH excluding ortho intramolecular Hbond substituents is 1. The molecule has 0 amide bonds. The molecule has 0 saturated carbocycles. The first-order chi connectivity index (χ1) is 13.0. The lowest BCUT2D eigenvalue weighted by molar-refractivity contribution is 0.432. The molecule has 2 N–H and O–H groups in total. The van der Waals surface area contributed by atoms with Gasteiger partial charge in [-0.05, 0) is 48.0 Å². The second-order valence-electron chi connectivity index (χ2n) is 5.85. The van der Waals surface area contributed by atoms with E-state index in [0.717, 1.165) is 0 Å². The summed E-state index contributed by atoms with van der Waals surface area (Å²) in [5.41, 5.74) is 1.88. The molecule has 0 bridgehead atoms. The van der Waals surface area contributed by atoms with Gasteiger partial charge < -0.3 is 10.4 Å². The molecule has 2 aromatic heterocycles. The number of rotatable bonds is 4. The van der Waals surface area contributed by atoms with E-state index in [1.807, 2.05) is 0 Å². The lowest BCUT2D eigenvalue weighted by Crippen LogP contribution is -2.03. The van der Waals surface area contributed by atoms with Crippen molar-refractivity contribution in [3.05, 3.63) is 75.8 Å². The molecule has 0 spiro atoms. The van der Waals surface area contributed by atoms with Crippen LogP contribution in [0.25, 0.3) is 5.65 Å². The van der Waals surface area contributed by atoms with Crippen molar-refractivity contribution in [2.45, 2.75) is 6.42 Å². The average Bonchev–Trinajstić information content (AvgIpc) is 3.00. The molecule has 4 rings (SSSR count). The van der Waals surface area contributed by atoms with E-state index in [2.05, 4.69) is 20.6 Å². The standard InChI is InChI=1S/C18H12Cl2FN5O/c19-11-7-12(20)9-13(8-11)22-16-3-4-17-23-24-18(26(17)25-16)6-10-1-2-15(27)14(21)5-10/h1-5,7-9,27H,6H2,(H,22,25). The number of phenols is 1. The van der Waals surface area contributed by atoms with Gasteiger partial charge in [0.25, 0.3) is 0 Å². The van der Waals surface area contributed by atoms with Crippen LogP contribution in [-0.2, 0) is 6.42 Å². The number of aromatic hydroxyl groups is 1. The van der Waals surface area contributed by atoms with Crippen molar-refractivity contribution in [1.82, 2.24) is 19.8 Å². The zero-order valence-corrected chi connectivity index (χ0v) is 15.2. The minimum Gasteiger partial charge on any atom is -0.505 e. The Labute approximate surface area is 163 Å². The summed E-state index contributed by atoms with van der Waals surface area (Å²) in [4.78, 5) is 0. The highest BCUT2D eigenvalue weighted by atomic mass is 35.5. The minimum atomic E-state index is -0.686. The van der Waals surface area contributed by atoms with Crippen LogP contribution in [0, 0.1) is 5.82 Å². The van der Waals surface area contributed by atoms with Gasteiger partial charge in [-0.2, -0.15) is 4.52 Å². The average molecular weight is 404 g/mol. The fourth-order valence-electron chi connectivity index (χ4n) is 2.63. The summed E-state index contributed by atoms with van der Waals surface area (Å²) in [5.74, 6) is -0.00856. The number of aromatic nitrogens is 4. The maximum absolute atomic E-state index is 13.6. The van der Waals surface area contributed by atoms with E-state index in [0.29, 0.717) is 45.0 Å². The van der Waals surface area contributed by atoms with Crippen molar-refractivity contribution >= 4 is 40.4 Å². The third kappa shape index (κ3) is 3.79. The first-order valence-electron chi connectivity index (χ1n) is 7.90. The molecule has 27 heavy (non-hydrogen) atoms. The summed E-state index contributed by atoms with van der Waals surface area (Å²) in [6.45, 7) is 0. The highest BCUT2D eigenvalue weighted by Gasteiger charge is 2.11. The zero-order valence-electron chi connectivity index (χ0n) is 13.7. The first-order valence-corrected chi connectivity index (χ1v) is 8.65. The number of hydrogen-bond donors (Lipinski definition) is 2. The summed E-state index contributed by atoms with van der Waals surface area (Å²) >= 11 is 12.0. The van der Waals surface area contributed by atoms with Crippen molar-refractivity contribution in [3.63, 3.8) is 0 Å². The Hall–Kier alpha value is -2.90. The largest absolute Gasteiger partial charge is 0.505 e. The molecular formula is C18H12Cl2FN5O. The third-order valence-corrected chi connectivity index (χ3v) is 4.27. The molecule has 0 atom stereocenters. The summed E-state index contributed by atoms with van der Waals surface area (Å²) in [6, 6.07) is 12.8. The quantitative estimate of drug-likeness (QED) is 0.520. The molecule has 4 aromatic rings. The van der Waals surface area contributed by atoms with Gasteiger partial charge in [-0.15, -0.1) is 15.3 Å². The van der Waals surface area contributed by atoms with Crippen molar-refractivity contribution in [2.75, 3.05) is 5.32 Å². The Morgan fingerprint density at radius 2 is 1.78 bits per heavy atom. The predicted octanol–water partition coefficient (Wildman–Crippen LogP) is 4.61. The van der Waals surface area contributed by atoms with Gasteiger partial charge in [-0.1, -0.05) is 29.3 Å². The fourth-order valence-corrected chi connectivity index (χ4v) is 3.15. The van der Waals surface area contributed by atoms with Gasteiger partial charge in [-0.25, -0.2) is 4.39 Å². The van der Waals surface area contributed by atoms with Crippen LogP contribution in [0.4, 0.5) is 15.9 Å². The molecule has 2 heterocycles. The number of nitrogens with one attached hydrogen (secondary N) is 1. The van der Waals surface area contributed by atoms with Gasteiger partial charge in [0.2, 0.25) is 0 Å². The monoisotopic (exact) mass is 403 g/mol. The molecule has 0 fully saturated rings. The SMILES string of the molecule is Oc1ccc(Cc2nnc3ccc(Nc4cc(Cl)cc(Cl)c4)nn23)cc1F.